The Morgan fingerprint density at radius 1 is 0.688 bits per heavy atom. The summed E-state index contributed by atoms with van der Waals surface area (Å²) in [5, 5.41) is 14.4. The van der Waals surface area contributed by atoms with E-state index in [9.17, 15) is 4.79 Å². The first kappa shape index (κ1) is 31.0. The van der Waals surface area contributed by atoms with Crippen molar-refractivity contribution in [3.63, 3.8) is 0 Å². The largest absolute Gasteiger partial charge is 0.281 e. The molecular formula is C40H34N6OS. The summed E-state index contributed by atoms with van der Waals surface area (Å²) in [6.07, 6.45) is 1.95. The molecule has 0 N–H and O–H groups in total. The standard InChI is InChI=1S/C40H34N6OS/c1-28(2)36-38(47)45(39(41-36)48-3)27-29-23-25-30(26-24-29)34-21-13-14-22-35(34)37-42-43-44-46(37)40(31-15-7-4-8-16-31,32-17-9-5-10-18-32)33-19-11-6-12-20-33/h4-26H,27H2,1-3H3. The Hall–Kier alpha value is -5.60. The van der Waals surface area contributed by atoms with Gasteiger partial charge in [-0.25, -0.2) is 9.67 Å². The number of aliphatic imine (C=N–C) groups is 1. The van der Waals surface area contributed by atoms with E-state index in [2.05, 4.69) is 124 Å². The van der Waals surface area contributed by atoms with E-state index in [1.807, 2.05) is 55.1 Å². The second-order valence-electron chi connectivity index (χ2n) is 11.8. The highest BCUT2D eigenvalue weighted by Crippen LogP contribution is 2.43. The summed E-state index contributed by atoms with van der Waals surface area (Å²) in [4.78, 5) is 19.5. The molecule has 0 unspecified atom stereocenters. The van der Waals surface area contributed by atoms with E-state index in [4.69, 9.17) is 5.21 Å². The number of hydrogen-bond acceptors (Lipinski definition) is 6. The number of amides is 1. The van der Waals surface area contributed by atoms with Crippen molar-refractivity contribution in [1.82, 2.24) is 25.1 Å². The van der Waals surface area contributed by atoms with Crippen LogP contribution in [0.25, 0.3) is 22.5 Å². The number of allylic oxidation sites excluding steroid dienone is 1. The average molecular weight is 647 g/mol. The first-order valence-electron chi connectivity index (χ1n) is 15.8. The van der Waals surface area contributed by atoms with Crippen LogP contribution in [0.2, 0.25) is 0 Å². The molecule has 1 aromatic heterocycles. The van der Waals surface area contributed by atoms with Crippen molar-refractivity contribution >= 4 is 22.8 Å². The van der Waals surface area contributed by atoms with Crippen LogP contribution in [-0.4, -0.2) is 42.4 Å². The molecule has 0 bridgehead atoms. The van der Waals surface area contributed by atoms with Gasteiger partial charge in [0.1, 0.15) is 11.2 Å². The fourth-order valence-electron chi connectivity index (χ4n) is 6.43. The topological polar surface area (TPSA) is 76.3 Å². The van der Waals surface area contributed by atoms with Gasteiger partial charge in [0, 0.05) is 5.56 Å². The molecule has 8 heteroatoms. The lowest BCUT2D eigenvalue weighted by Crippen LogP contribution is -2.39. The summed E-state index contributed by atoms with van der Waals surface area (Å²) in [6.45, 7) is 4.29. The molecule has 6 aromatic rings. The summed E-state index contributed by atoms with van der Waals surface area (Å²) in [5.41, 5.74) is 7.64. The van der Waals surface area contributed by atoms with Crippen molar-refractivity contribution in [1.29, 1.82) is 0 Å². The number of benzene rings is 5. The third kappa shape index (κ3) is 5.44. The van der Waals surface area contributed by atoms with Crippen molar-refractivity contribution in [3.8, 4) is 22.5 Å². The van der Waals surface area contributed by atoms with Crippen LogP contribution < -0.4 is 0 Å². The van der Waals surface area contributed by atoms with E-state index in [1.54, 1.807) is 4.90 Å². The molecular weight excluding hydrogens is 613 g/mol. The van der Waals surface area contributed by atoms with Gasteiger partial charge in [-0.1, -0.05) is 151 Å². The Bertz CT molecular complexity index is 2020. The highest BCUT2D eigenvalue weighted by molar-refractivity contribution is 8.13. The zero-order valence-corrected chi connectivity index (χ0v) is 27.8. The lowest BCUT2D eigenvalue weighted by Gasteiger charge is -2.36. The Labute approximate surface area is 284 Å². The molecule has 0 saturated heterocycles. The first-order valence-corrected chi connectivity index (χ1v) is 17.0. The van der Waals surface area contributed by atoms with E-state index in [0.29, 0.717) is 18.1 Å². The predicted molar refractivity (Wildman–Crippen MR) is 193 cm³/mol. The highest BCUT2D eigenvalue weighted by Gasteiger charge is 2.42. The Morgan fingerprint density at radius 2 is 1.21 bits per heavy atom. The SMILES string of the molecule is CSC1=NC(=C(C)C)C(=O)N1Cc1ccc(-c2ccccc2-c2nnnn2C(c2ccccc2)(c2ccccc2)c2ccccc2)cc1. The molecule has 1 aliphatic rings. The van der Waals surface area contributed by atoms with Gasteiger partial charge in [-0.3, -0.25) is 9.69 Å². The quantitative estimate of drug-likeness (QED) is 0.123. The maximum atomic E-state index is 13.1. The number of thioether (sulfide) groups is 1. The van der Waals surface area contributed by atoms with Crippen LogP contribution in [0.3, 0.4) is 0 Å². The molecule has 0 spiro atoms. The van der Waals surface area contributed by atoms with E-state index < -0.39 is 5.54 Å². The highest BCUT2D eigenvalue weighted by atomic mass is 32.2. The van der Waals surface area contributed by atoms with Gasteiger partial charge in [0.2, 0.25) is 0 Å². The van der Waals surface area contributed by atoms with Gasteiger partial charge in [0.25, 0.3) is 5.91 Å². The van der Waals surface area contributed by atoms with Gasteiger partial charge in [-0.2, -0.15) is 0 Å². The second-order valence-corrected chi connectivity index (χ2v) is 12.6. The molecule has 48 heavy (non-hydrogen) atoms. The zero-order chi connectivity index (χ0) is 33.1. The van der Waals surface area contributed by atoms with E-state index in [0.717, 1.165) is 49.7 Å². The van der Waals surface area contributed by atoms with Crippen LogP contribution in [0.5, 0.6) is 0 Å². The lowest BCUT2D eigenvalue weighted by molar-refractivity contribution is -0.123. The van der Waals surface area contributed by atoms with Crippen LogP contribution in [0.1, 0.15) is 36.1 Å². The number of hydrogen-bond donors (Lipinski definition) is 0. The van der Waals surface area contributed by atoms with E-state index in [-0.39, 0.29) is 5.91 Å². The molecule has 0 atom stereocenters. The summed E-state index contributed by atoms with van der Waals surface area (Å²) < 4.78 is 1.96. The number of nitrogens with zero attached hydrogens (tertiary/aromatic N) is 6. The Balaban J connectivity index is 1.33. The van der Waals surface area contributed by atoms with Crippen LogP contribution in [0.4, 0.5) is 0 Å². The number of tetrazole rings is 1. The minimum Gasteiger partial charge on any atom is -0.281 e. The smallest absolute Gasteiger partial charge is 0.278 e. The summed E-state index contributed by atoms with van der Waals surface area (Å²) >= 11 is 1.48. The first-order chi connectivity index (χ1) is 23.5. The number of rotatable bonds is 8. The van der Waals surface area contributed by atoms with Crippen LogP contribution in [0.15, 0.2) is 156 Å². The van der Waals surface area contributed by atoms with Crippen molar-refractivity contribution in [2.24, 2.45) is 4.99 Å². The summed E-state index contributed by atoms with van der Waals surface area (Å²) in [6, 6.07) is 47.8. The van der Waals surface area contributed by atoms with Gasteiger partial charge < -0.3 is 0 Å². The van der Waals surface area contributed by atoms with Crippen molar-refractivity contribution < 1.29 is 4.79 Å². The van der Waals surface area contributed by atoms with E-state index >= 15 is 0 Å². The van der Waals surface area contributed by atoms with Crippen LogP contribution in [-0.2, 0) is 16.9 Å². The molecule has 7 rings (SSSR count). The number of aromatic nitrogens is 4. The van der Waals surface area contributed by atoms with Gasteiger partial charge in [-0.15, -0.1) is 5.10 Å². The molecule has 7 nitrogen and oxygen atoms in total. The fourth-order valence-corrected chi connectivity index (χ4v) is 6.98. The number of carbonyl (C=O) groups excluding carboxylic acids is 1. The fraction of sp³-hybridized carbons (Fsp3) is 0.125. The maximum Gasteiger partial charge on any atom is 0.278 e. The Morgan fingerprint density at radius 3 is 1.73 bits per heavy atom. The molecule has 5 aromatic carbocycles. The third-order valence-corrected chi connectivity index (χ3v) is 9.35. The van der Waals surface area contributed by atoms with Crippen molar-refractivity contribution in [2.45, 2.75) is 25.9 Å². The third-order valence-electron chi connectivity index (χ3n) is 8.68. The normalized spacial score (nSPS) is 13.1. The molecule has 1 aliphatic heterocycles. The van der Waals surface area contributed by atoms with E-state index in [1.165, 1.54) is 11.8 Å². The van der Waals surface area contributed by atoms with Crippen LogP contribution in [0, 0.1) is 0 Å². The average Bonchev–Trinajstić information content (AvgIpc) is 3.75. The molecule has 236 valence electrons. The molecule has 0 radical (unpaired) electrons. The maximum absolute atomic E-state index is 13.1. The van der Waals surface area contributed by atoms with Gasteiger partial charge in [-0.05, 0) is 69.5 Å². The molecule has 2 heterocycles. The Kier molecular flexibility index (Phi) is 8.57. The monoisotopic (exact) mass is 646 g/mol. The van der Waals surface area contributed by atoms with Gasteiger partial charge >= 0.3 is 0 Å². The van der Waals surface area contributed by atoms with Gasteiger partial charge in [0.05, 0.1) is 6.54 Å². The molecule has 0 aliphatic carbocycles. The lowest BCUT2D eigenvalue weighted by atomic mass is 9.77. The zero-order valence-electron chi connectivity index (χ0n) is 27.0. The summed E-state index contributed by atoms with van der Waals surface area (Å²) in [7, 11) is 0. The molecule has 0 fully saturated rings. The minimum atomic E-state index is -0.859. The minimum absolute atomic E-state index is 0.0562. The summed E-state index contributed by atoms with van der Waals surface area (Å²) in [5.74, 6) is 0.586. The number of amidine groups is 1. The second kappa shape index (κ2) is 13.3. The van der Waals surface area contributed by atoms with Crippen molar-refractivity contribution in [2.75, 3.05) is 6.26 Å². The molecule has 0 saturated carbocycles. The van der Waals surface area contributed by atoms with Crippen molar-refractivity contribution in [3.05, 3.63) is 173 Å². The predicted octanol–water partition coefficient (Wildman–Crippen LogP) is 8.20. The number of carbonyl (C=O) groups is 1. The van der Waals surface area contributed by atoms with Gasteiger partial charge in [0.15, 0.2) is 11.0 Å². The molecule has 1 amide bonds. The van der Waals surface area contributed by atoms with Crippen LogP contribution >= 0.6 is 11.8 Å².